The molecule has 2 rings (SSSR count). The molecule has 1 aromatic rings. The number of nitrogens with zero attached hydrogens (tertiary/aromatic N) is 2. The number of aliphatic hydroxyl groups is 1. The van der Waals surface area contributed by atoms with E-state index in [9.17, 15) is 5.11 Å². The van der Waals surface area contributed by atoms with Crippen molar-refractivity contribution in [2.45, 2.75) is 51.9 Å². The van der Waals surface area contributed by atoms with Gasteiger partial charge in [0.15, 0.2) is 0 Å². The molecule has 112 valence electrons. The van der Waals surface area contributed by atoms with Crippen molar-refractivity contribution in [2.24, 2.45) is 5.41 Å². The highest BCUT2D eigenvalue weighted by Crippen LogP contribution is 2.36. The summed E-state index contributed by atoms with van der Waals surface area (Å²) in [6.45, 7) is 5.07. The van der Waals surface area contributed by atoms with Gasteiger partial charge in [-0.1, -0.05) is 44.7 Å². The molecule has 1 aromatic heterocycles. The maximum Gasteiger partial charge on any atom is 0.135 e. The lowest BCUT2D eigenvalue weighted by molar-refractivity contribution is 0.0943. The van der Waals surface area contributed by atoms with E-state index in [-0.39, 0.29) is 17.9 Å². The molecule has 0 atom stereocenters. The van der Waals surface area contributed by atoms with Crippen LogP contribution in [-0.4, -0.2) is 28.2 Å². The number of aliphatic hydroxyl groups excluding tert-OH is 1. The first kappa shape index (κ1) is 15.5. The van der Waals surface area contributed by atoms with Crippen LogP contribution < -0.4 is 5.32 Å². The van der Waals surface area contributed by atoms with Gasteiger partial charge in [-0.2, -0.15) is 0 Å². The van der Waals surface area contributed by atoms with Gasteiger partial charge in [-0.25, -0.2) is 9.97 Å². The number of hydrogen-bond acceptors (Lipinski definition) is 4. The fraction of sp³-hybridized carbons (Fsp3) is 0.733. The minimum atomic E-state index is -0.00628. The summed E-state index contributed by atoms with van der Waals surface area (Å²) in [6.07, 6.45) is 5.82. The molecule has 1 aliphatic carbocycles. The summed E-state index contributed by atoms with van der Waals surface area (Å²) in [6, 6.07) is 1.75. The molecule has 5 heteroatoms. The number of halogens is 1. The van der Waals surface area contributed by atoms with Gasteiger partial charge < -0.3 is 10.4 Å². The Labute approximate surface area is 126 Å². The van der Waals surface area contributed by atoms with Crippen molar-refractivity contribution in [1.82, 2.24) is 9.97 Å². The van der Waals surface area contributed by atoms with Gasteiger partial charge in [-0.15, -0.1) is 0 Å². The highest BCUT2D eigenvalue weighted by atomic mass is 35.5. The molecule has 20 heavy (non-hydrogen) atoms. The van der Waals surface area contributed by atoms with Gasteiger partial charge in [0.05, 0.1) is 6.61 Å². The molecule has 1 aliphatic rings. The lowest BCUT2D eigenvalue weighted by Crippen LogP contribution is -2.35. The standard InChI is InChI=1S/C15H24ClN3O/c1-11(2)14-18-12(16)8-13(19-14)17-9-15(10-20)6-4-3-5-7-15/h8,11,20H,3-7,9-10H2,1-2H3,(H,17,18,19). The van der Waals surface area contributed by atoms with Crippen LogP contribution in [0.3, 0.4) is 0 Å². The Balaban J connectivity index is 2.06. The Bertz CT molecular complexity index is 445. The fourth-order valence-electron chi connectivity index (χ4n) is 2.75. The van der Waals surface area contributed by atoms with E-state index in [1.165, 1.54) is 19.3 Å². The molecule has 0 saturated heterocycles. The zero-order valence-electron chi connectivity index (χ0n) is 12.3. The van der Waals surface area contributed by atoms with Crippen molar-refractivity contribution in [1.29, 1.82) is 0 Å². The monoisotopic (exact) mass is 297 g/mol. The lowest BCUT2D eigenvalue weighted by Gasteiger charge is -2.35. The van der Waals surface area contributed by atoms with Crippen LogP contribution in [-0.2, 0) is 0 Å². The molecule has 1 saturated carbocycles. The third-order valence-electron chi connectivity index (χ3n) is 4.12. The molecular weight excluding hydrogens is 274 g/mol. The third kappa shape index (κ3) is 3.83. The Hall–Kier alpha value is -0.870. The van der Waals surface area contributed by atoms with E-state index in [1.807, 2.05) is 13.8 Å². The van der Waals surface area contributed by atoms with Gasteiger partial charge in [0.1, 0.15) is 16.8 Å². The van der Waals surface area contributed by atoms with Crippen LogP contribution in [0.5, 0.6) is 0 Å². The van der Waals surface area contributed by atoms with E-state index >= 15 is 0 Å². The van der Waals surface area contributed by atoms with Crippen molar-refractivity contribution in [3.05, 3.63) is 17.0 Å². The summed E-state index contributed by atoms with van der Waals surface area (Å²) in [7, 11) is 0. The van der Waals surface area contributed by atoms with Crippen LogP contribution in [0, 0.1) is 5.41 Å². The zero-order chi connectivity index (χ0) is 14.6. The smallest absolute Gasteiger partial charge is 0.135 e. The Kier molecular flexibility index (Phi) is 5.22. The molecule has 0 aliphatic heterocycles. The largest absolute Gasteiger partial charge is 0.396 e. The lowest BCUT2D eigenvalue weighted by atomic mass is 9.74. The number of aromatic nitrogens is 2. The molecule has 0 unspecified atom stereocenters. The van der Waals surface area contributed by atoms with Crippen molar-refractivity contribution < 1.29 is 5.11 Å². The molecule has 1 heterocycles. The van der Waals surface area contributed by atoms with Gasteiger partial charge >= 0.3 is 0 Å². The Morgan fingerprint density at radius 1 is 1.30 bits per heavy atom. The summed E-state index contributed by atoms with van der Waals surface area (Å²) in [4.78, 5) is 8.73. The molecule has 0 aromatic carbocycles. The average molecular weight is 298 g/mol. The summed E-state index contributed by atoms with van der Waals surface area (Å²) in [5, 5.41) is 13.5. The predicted octanol–water partition coefficient (Wildman–Crippen LogP) is 3.61. The fourth-order valence-corrected chi connectivity index (χ4v) is 2.94. The van der Waals surface area contributed by atoms with Gasteiger partial charge in [0, 0.05) is 23.9 Å². The van der Waals surface area contributed by atoms with Crippen molar-refractivity contribution in [3.63, 3.8) is 0 Å². The van der Waals surface area contributed by atoms with Crippen LogP contribution in [0.25, 0.3) is 0 Å². The molecule has 0 amide bonds. The normalized spacial score (nSPS) is 18.2. The highest BCUT2D eigenvalue weighted by Gasteiger charge is 2.31. The quantitative estimate of drug-likeness (QED) is 0.815. The van der Waals surface area contributed by atoms with E-state index in [1.54, 1.807) is 6.07 Å². The maximum atomic E-state index is 9.72. The van der Waals surface area contributed by atoms with E-state index in [0.29, 0.717) is 5.15 Å². The van der Waals surface area contributed by atoms with Crippen LogP contribution in [0.1, 0.15) is 57.7 Å². The zero-order valence-corrected chi connectivity index (χ0v) is 13.1. The minimum Gasteiger partial charge on any atom is -0.396 e. The molecule has 0 radical (unpaired) electrons. The summed E-state index contributed by atoms with van der Waals surface area (Å²) >= 11 is 6.04. The summed E-state index contributed by atoms with van der Waals surface area (Å²) in [5.41, 5.74) is -0.00628. The van der Waals surface area contributed by atoms with Crippen molar-refractivity contribution in [2.75, 3.05) is 18.5 Å². The number of rotatable bonds is 5. The Morgan fingerprint density at radius 2 is 2.00 bits per heavy atom. The van der Waals surface area contributed by atoms with Gasteiger partial charge in [0.2, 0.25) is 0 Å². The number of anilines is 1. The first-order valence-corrected chi connectivity index (χ1v) is 7.82. The molecule has 0 spiro atoms. The topological polar surface area (TPSA) is 58.0 Å². The second kappa shape index (κ2) is 6.72. The van der Waals surface area contributed by atoms with Crippen LogP contribution >= 0.6 is 11.6 Å². The minimum absolute atomic E-state index is 0.00628. The number of hydrogen-bond donors (Lipinski definition) is 2. The second-order valence-electron chi connectivity index (χ2n) is 6.16. The average Bonchev–Trinajstić information content (AvgIpc) is 2.45. The van der Waals surface area contributed by atoms with E-state index in [0.717, 1.165) is 31.0 Å². The van der Waals surface area contributed by atoms with Gasteiger partial charge in [0.25, 0.3) is 0 Å². The number of nitrogens with one attached hydrogen (secondary N) is 1. The molecule has 4 nitrogen and oxygen atoms in total. The summed E-state index contributed by atoms with van der Waals surface area (Å²) in [5.74, 6) is 1.75. The molecule has 2 N–H and O–H groups in total. The third-order valence-corrected chi connectivity index (χ3v) is 4.32. The maximum absolute atomic E-state index is 9.72. The van der Waals surface area contributed by atoms with Crippen LogP contribution in [0.4, 0.5) is 5.82 Å². The van der Waals surface area contributed by atoms with E-state index in [4.69, 9.17) is 11.6 Å². The van der Waals surface area contributed by atoms with Crippen LogP contribution in [0.15, 0.2) is 6.07 Å². The first-order chi connectivity index (χ1) is 9.54. The van der Waals surface area contributed by atoms with Crippen molar-refractivity contribution >= 4 is 17.4 Å². The molecule has 0 bridgehead atoms. The molecular formula is C15H24ClN3O. The highest BCUT2D eigenvalue weighted by molar-refractivity contribution is 6.29. The van der Waals surface area contributed by atoms with Crippen molar-refractivity contribution in [3.8, 4) is 0 Å². The Morgan fingerprint density at radius 3 is 2.60 bits per heavy atom. The summed E-state index contributed by atoms with van der Waals surface area (Å²) < 4.78 is 0. The van der Waals surface area contributed by atoms with Gasteiger partial charge in [-0.3, -0.25) is 0 Å². The van der Waals surface area contributed by atoms with E-state index in [2.05, 4.69) is 15.3 Å². The van der Waals surface area contributed by atoms with Gasteiger partial charge in [-0.05, 0) is 12.8 Å². The molecule has 1 fully saturated rings. The second-order valence-corrected chi connectivity index (χ2v) is 6.55. The first-order valence-electron chi connectivity index (χ1n) is 7.44. The SMILES string of the molecule is CC(C)c1nc(Cl)cc(NCC2(CO)CCCCC2)n1. The van der Waals surface area contributed by atoms with E-state index < -0.39 is 0 Å². The van der Waals surface area contributed by atoms with Crippen LogP contribution in [0.2, 0.25) is 5.15 Å². The predicted molar refractivity (Wildman–Crippen MR) is 82.2 cm³/mol.